The Morgan fingerprint density at radius 2 is 1.16 bits per heavy atom. The Kier molecular flexibility index (Phi) is 5.27. The number of rotatable bonds is 4. The van der Waals surface area contributed by atoms with Crippen molar-refractivity contribution in [2.24, 2.45) is 0 Å². The molecule has 0 aliphatic rings. The number of fused-ring (bicyclic) bond motifs is 7. The number of benzene rings is 5. The number of imidazole rings is 1. The van der Waals surface area contributed by atoms with Crippen LogP contribution >= 0.6 is 11.3 Å². The van der Waals surface area contributed by atoms with Crippen LogP contribution < -0.4 is 0 Å². The van der Waals surface area contributed by atoms with Crippen LogP contribution in [0.15, 0.2) is 134 Å². The Labute approximate surface area is 250 Å². The van der Waals surface area contributed by atoms with E-state index in [0.717, 1.165) is 28.1 Å². The van der Waals surface area contributed by atoms with Crippen molar-refractivity contribution in [3.63, 3.8) is 0 Å². The average Bonchev–Trinajstić information content (AvgIpc) is 3.79. The first-order valence-electron chi connectivity index (χ1n) is 14.1. The fourth-order valence-corrected chi connectivity index (χ4v) is 7.20. The largest absolute Gasteiger partial charge is 0.278 e. The molecule has 0 saturated heterocycles. The lowest BCUT2D eigenvalue weighted by Gasteiger charge is -2.12. The lowest BCUT2D eigenvalue weighted by Crippen LogP contribution is -2.10. The molecule has 0 N–H and O–H groups in total. The van der Waals surface area contributed by atoms with Crippen LogP contribution in [0.5, 0.6) is 0 Å². The first kappa shape index (κ1) is 24.0. The Balaban J connectivity index is 1.35. The van der Waals surface area contributed by atoms with Gasteiger partial charge in [-0.1, -0.05) is 109 Å². The lowest BCUT2D eigenvalue weighted by atomic mass is 10.1. The molecule has 0 atom stereocenters. The number of nitrogens with zero attached hydrogens (tertiary/aromatic N) is 6. The maximum atomic E-state index is 4.99. The van der Waals surface area contributed by atoms with Crippen LogP contribution in [-0.4, -0.2) is 29.1 Å². The third kappa shape index (κ3) is 3.72. The van der Waals surface area contributed by atoms with E-state index in [1.54, 1.807) is 0 Å². The molecule has 0 unspecified atom stereocenters. The quantitative estimate of drug-likeness (QED) is 0.212. The average molecular weight is 571 g/mol. The maximum absolute atomic E-state index is 4.99. The second kappa shape index (κ2) is 9.44. The highest BCUT2D eigenvalue weighted by Gasteiger charge is 2.22. The number of aromatic nitrogens is 6. The van der Waals surface area contributed by atoms with Crippen molar-refractivity contribution in [3.05, 3.63) is 134 Å². The number of thiophene rings is 1. The Bertz CT molecular complexity index is 2400. The van der Waals surface area contributed by atoms with Gasteiger partial charge in [-0.05, 0) is 12.1 Å². The molecule has 7 heteroatoms. The molecule has 4 heterocycles. The maximum Gasteiger partial charge on any atom is 0.240 e. The normalized spacial score (nSPS) is 11.7. The van der Waals surface area contributed by atoms with Crippen molar-refractivity contribution in [2.45, 2.75) is 0 Å². The van der Waals surface area contributed by atoms with E-state index in [0.29, 0.717) is 17.6 Å². The molecule has 0 fully saturated rings. The highest BCUT2D eigenvalue weighted by Crippen LogP contribution is 2.42. The van der Waals surface area contributed by atoms with Crippen LogP contribution in [0.3, 0.4) is 0 Å². The lowest BCUT2D eigenvalue weighted by molar-refractivity contribution is 0.860. The molecule has 0 saturated carbocycles. The Hall–Kier alpha value is -5.66. The summed E-state index contributed by atoms with van der Waals surface area (Å²) in [6.07, 6.45) is 3.75. The summed E-state index contributed by atoms with van der Waals surface area (Å²) in [5, 5.41) is 4.88. The summed E-state index contributed by atoms with van der Waals surface area (Å²) >= 11 is 1.82. The van der Waals surface area contributed by atoms with Gasteiger partial charge in [0.25, 0.3) is 0 Å². The molecule has 9 aromatic rings. The van der Waals surface area contributed by atoms with Crippen molar-refractivity contribution >= 4 is 53.3 Å². The van der Waals surface area contributed by atoms with Gasteiger partial charge in [-0.25, -0.2) is 9.97 Å². The van der Waals surface area contributed by atoms with E-state index in [9.17, 15) is 0 Å². The molecule has 0 aliphatic carbocycles. The monoisotopic (exact) mass is 570 g/mol. The standard InChI is InChI=1S/C36H22N6S/c1-3-11-23(12-4-1)33-38-34(24-13-5-2-6-14-24)40-35(39-33)41-22-21-37-36(41)42-29-17-9-7-15-25(29)27-19-20-28-26-16-8-10-18-30(26)43-32(28)31(27)42/h1-22H. The van der Waals surface area contributed by atoms with E-state index in [-0.39, 0.29) is 0 Å². The molecule has 0 amide bonds. The minimum atomic E-state index is 0.509. The van der Waals surface area contributed by atoms with Gasteiger partial charge in [0.1, 0.15) is 0 Å². The van der Waals surface area contributed by atoms with Gasteiger partial charge in [-0.2, -0.15) is 9.97 Å². The van der Waals surface area contributed by atoms with Gasteiger partial charge in [0.2, 0.25) is 11.9 Å². The second-order valence-corrected chi connectivity index (χ2v) is 11.5. The topological polar surface area (TPSA) is 61.4 Å². The van der Waals surface area contributed by atoms with E-state index in [4.69, 9.17) is 19.9 Å². The van der Waals surface area contributed by atoms with E-state index < -0.39 is 0 Å². The Morgan fingerprint density at radius 1 is 0.535 bits per heavy atom. The number of hydrogen-bond acceptors (Lipinski definition) is 5. The molecule has 43 heavy (non-hydrogen) atoms. The van der Waals surface area contributed by atoms with Crippen molar-refractivity contribution in [1.29, 1.82) is 0 Å². The molecule has 0 bridgehead atoms. The molecule has 4 aromatic heterocycles. The van der Waals surface area contributed by atoms with Crippen molar-refractivity contribution in [2.75, 3.05) is 0 Å². The molecule has 9 rings (SSSR count). The SMILES string of the molecule is c1ccc(-c2nc(-c3ccccc3)nc(-n3ccnc3-n3c4ccccc4c4ccc5c6ccccc6sc5c43)n2)cc1. The summed E-state index contributed by atoms with van der Waals surface area (Å²) in [7, 11) is 0. The van der Waals surface area contributed by atoms with Crippen LogP contribution in [-0.2, 0) is 0 Å². The molecule has 0 spiro atoms. The van der Waals surface area contributed by atoms with Gasteiger partial charge in [-0.3, -0.25) is 9.13 Å². The van der Waals surface area contributed by atoms with Crippen LogP contribution in [0.25, 0.3) is 76.7 Å². The first-order valence-corrected chi connectivity index (χ1v) is 14.9. The van der Waals surface area contributed by atoms with Crippen LogP contribution in [0.2, 0.25) is 0 Å². The zero-order chi connectivity index (χ0) is 28.3. The zero-order valence-electron chi connectivity index (χ0n) is 22.8. The third-order valence-corrected chi connectivity index (χ3v) is 9.10. The van der Waals surface area contributed by atoms with Crippen LogP contribution in [0.4, 0.5) is 0 Å². The summed E-state index contributed by atoms with van der Waals surface area (Å²) in [6, 6.07) is 41.7. The predicted molar refractivity (Wildman–Crippen MR) is 175 cm³/mol. The molecular formula is C36H22N6S. The molecule has 5 aromatic carbocycles. The van der Waals surface area contributed by atoms with Gasteiger partial charge in [0, 0.05) is 49.8 Å². The number of hydrogen-bond donors (Lipinski definition) is 0. The van der Waals surface area contributed by atoms with Gasteiger partial charge in [0.15, 0.2) is 11.6 Å². The van der Waals surface area contributed by atoms with Crippen molar-refractivity contribution in [3.8, 4) is 34.7 Å². The van der Waals surface area contributed by atoms with Gasteiger partial charge >= 0.3 is 0 Å². The number of para-hydroxylation sites is 1. The highest BCUT2D eigenvalue weighted by molar-refractivity contribution is 7.26. The minimum Gasteiger partial charge on any atom is -0.278 e. The summed E-state index contributed by atoms with van der Waals surface area (Å²) < 4.78 is 6.73. The molecule has 6 nitrogen and oxygen atoms in total. The van der Waals surface area contributed by atoms with Gasteiger partial charge in [0.05, 0.1) is 15.7 Å². The van der Waals surface area contributed by atoms with Gasteiger partial charge in [-0.15, -0.1) is 11.3 Å². The Morgan fingerprint density at radius 3 is 1.91 bits per heavy atom. The molecular weight excluding hydrogens is 549 g/mol. The predicted octanol–water partition coefficient (Wildman–Crippen LogP) is 8.86. The highest BCUT2D eigenvalue weighted by atomic mass is 32.1. The van der Waals surface area contributed by atoms with E-state index in [1.807, 2.05) is 89.0 Å². The summed E-state index contributed by atoms with van der Waals surface area (Å²) in [5.74, 6) is 2.45. The van der Waals surface area contributed by atoms with E-state index in [1.165, 1.54) is 30.9 Å². The van der Waals surface area contributed by atoms with Crippen molar-refractivity contribution < 1.29 is 0 Å². The summed E-state index contributed by atoms with van der Waals surface area (Å²) in [4.78, 5) is 19.8. The van der Waals surface area contributed by atoms with E-state index in [2.05, 4.69) is 65.2 Å². The van der Waals surface area contributed by atoms with Crippen LogP contribution in [0.1, 0.15) is 0 Å². The summed E-state index contributed by atoms with van der Waals surface area (Å²) in [5.41, 5.74) is 4.06. The minimum absolute atomic E-state index is 0.509. The zero-order valence-corrected chi connectivity index (χ0v) is 23.6. The van der Waals surface area contributed by atoms with Crippen molar-refractivity contribution in [1.82, 2.24) is 29.1 Å². The molecule has 202 valence electrons. The molecule has 0 aliphatic heterocycles. The fourth-order valence-electron chi connectivity index (χ4n) is 5.96. The smallest absolute Gasteiger partial charge is 0.240 e. The molecule has 0 radical (unpaired) electrons. The fraction of sp³-hybridized carbons (Fsp3) is 0. The van der Waals surface area contributed by atoms with Crippen LogP contribution in [0, 0.1) is 0 Å². The van der Waals surface area contributed by atoms with Gasteiger partial charge < -0.3 is 0 Å². The second-order valence-electron chi connectivity index (χ2n) is 10.4. The first-order chi connectivity index (χ1) is 21.3. The summed E-state index contributed by atoms with van der Waals surface area (Å²) in [6.45, 7) is 0. The van der Waals surface area contributed by atoms with E-state index >= 15 is 0 Å². The third-order valence-electron chi connectivity index (χ3n) is 7.90.